The summed E-state index contributed by atoms with van der Waals surface area (Å²) in [6, 6.07) is 39.5. The molecule has 0 saturated carbocycles. The van der Waals surface area contributed by atoms with Crippen molar-refractivity contribution in [2.45, 2.75) is 64.4 Å². The molecule has 0 spiro atoms. The normalized spacial score (nSPS) is 12.8. The largest absolute Gasteiger partial charge is 0.504 e. The van der Waals surface area contributed by atoms with Crippen molar-refractivity contribution in [1.82, 2.24) is 16.2 Å². The summed E-state index contributed by atoms with van der Waals surface area (Å²) in [6.45, 7) is 2.90. The maximum atomic E-state index is 13.7. The molecule has 0 aromatic heterocycles. The molecular weight excluding hydrogens is 730 g/mol. The van der Waals surface area contributed by atoms with Crippen LogP contribution in [0.25, 0.3) is 0 Å². The highest BCUT2D eigenvalue weighted by Gasteiger charge is 2.37. The van der Waals surface area contributed by atoms with Gasteiger partial charge in [0.25, 0.3) is 0 Å². The third-order valence-corrected chi connectivity index (χ3v) is 8.65. The number of alkyl carbamates (subject to hydrolysis) is 1. The van der Waals surface area contributed by atoms with Gasteiger partial charge in [-0.2, -0.15) is 0 Å². The van der Waals surface area contributed by atoms with Crippen molar-refractivity contribution in [3.05, 3.63) is 167 Å². The molecule has 5 aromatic carbocycles. The molecule has 3 atom stereocenters. The molecule has 0 saturated heterocycles. The second kappa shape index (κ2) is 20.7. The first-order valence-electron chi connectivity index (χ1n) is 18.2. The molecule has 2 amide bonds. The summed E-state index contributed by atoms with van der Waals surface area (Å²) in [4.78, 5) is 53.2. The van der Waals surface area contributed by atoms with Crippen molar-refractivity contribution in [3.8, 4) is 11.5 Å². The number of benzene rings is 5. The zero-order chi connectivity index (χ0) is 40.5. The molecule has 13 nitrogen and oxygen atoms in total. The Labute approximate surface area is 330 Å². The smallest absolute Gasteiger partial charge is 0.421 e. The molecule has 0 heterocycles. The zero-order valence-electron chi connectivity index (χ0n) is 31.6. The number of amides is 2. The fourth-order valence-electron chi connectivity index (χ4n) is 5.51. The number of hydrogen-bond donors (Lipinski definition) is 4. The van der Waals surface area contributed by atoms with Crippen LogP contribution < -0.4 is 20.9 Å². The quantitative estimate of drug-likeness (QED) is 0.0426. The molecule has 0 aliphatic carbocycles. The lowest BCUT2D eigenvalue weighted by Gasteiger charge is -2.30. The Bertz CT molecular complexity index is 2050. The standard InChI is InChI=1S/C44H45N3O10/c1-31(39(40(49)54-28-33-17-9-4-10-18-33)45-42(51)56-30-35-21-13-6-14-22-35)57-43(52)46-47-44(2,41(50)55-29-34-19-11-5-12-20-34)26-36-23-24-37(48)38(25-36)53-27-32-15-7-3-8-16-32/h3-25,31,39,47-48H,26-30H2,1-2H3,(H,45,51)(H,46,52)/t31-,39+,44+/m1/s1. The van der Waals surface area contributed by atoms with Gasteiger partial charge in [0.15, 0.2) is 17.5 Å². The lowest BCUT2D eigenvalue weighted by Crippen LogP contribution is -2.60. The van der Waals surface area contributed by atoms with Crippen molar-refractivity contribution >= 4 is 24.1 Å². The molecular formula is C44H45N3O10. The first kappa shape index (κ1) is 41.3. The maximum Gasteiger partial charge on any atom is 0.421 e. The van der Waals surface area contributed by atoms with E-state index in [9.17, 15) is 24.3 Å². The highest BCUT2D eigenvalue weighted by atomic mass is 16.6. The summed E-state index contributed by atoms with van der Waals surface area (Å²) in [5.74, 6) is -1.50. The van der Waals surface area contributed by atoms with E-state index in [1.165, 1.54) is 19.9 Å². The van der Waals surface area contributed by atoms with Crippen LogP contribution in [0.15, 0.2) is 140 Å². The number of ether oxygens (including phenoxy) is 5. The molecule has 0 aliphatic rings. The first-order chi connectivity index (χ1) is 27.6. The second-order valence-corrected chi connectivity index (χ2v) is 13.3. The Kier molecular flexibility index (Phi) is 15.0. The van der Waals surface area contributed by atoms with Gasteiger partial charge in [0, 0.05) is 6.42 Å². The molecule has 0 fully saturated rings. The summed E-state index contributed by atoms with van der Waals surface area (Å²) in [6.07, 6.45) is -3.34. The van der Waals surface area contributed by atoms with Crippen LogP contribution in [-0.4, -0.2) is 46.9 Å². The van der Waals surface area contributed by atoms with Crippen LogP contribution in [0.4, 0.5) is 9.59 Å². The molecule has 0 bridgehead atoms. The predicted octanol–water partition coefficient (Wildman–Crippen LogP) is 6.67. The summed E-state index contributed by atoms with van der Waals surface area (Å²) < 4.78 is 27.9. The topological polar surface area (TPSA) is 171 Å². The Morgan fingerprint density at radius 3 is 1.65 bits per heavy atom. The van der Waals surface area contributed by atoms with E-state index in [4.69, 9.17) is 23.7 Å². The molecule has 5 aromatic rings. The van der Waals surface area contributed by atoms with E-state index in [2.05, 4.69) is 16.2 Å². The monoisotopic (exact) mass is 775 g/mol. The minimum atomic E-state index is -1.60. The SMILES string of the molecule is C[C@@H](OC(=O)NN[C@@](C)(Cc1ccc(O)c(OCc2ccccc2)c1)C(=O)OCc1ccccc1)[C@H](NC(=O)OCc1ccccc1)C(=O)OCc1ccccc1. The van der Waals surface area contributed by atoms with Gasteiger partial charge in [-0.1, -0.05) is 127 Å². The van der Waals surface area contributed by atoms with Crippen LogP contribution in [0.3, 0.4) is 0 Å². The molecule has 13 heteroatoms. The highest BCUT2D eigenvalue weighted by molar-refractivity contribution is 5.83. The van der Waals surface area contributed by atoms with Crippen LogP contribution >= 0.6 is 0 Å². The van der Waals surface area contributed by atoms with Gasteiger partial charge in [0.1, 0.15) is 38.1 Å². The van der Waals surface area contributed by atoms with Gasteiger partial charge in [0.05, 0.1) is 0 Å². The lowest BCUT2D eigenvalue weighted by molar-refractivity contribution is -0.152. The van der Waals surface area contributed by atoms with Gasteiger partial charge in [0.2, 0.25) is 0 Å². The third kappa shape index (κ3) is 13.1. The average Bonchev–Trinajstić information content (AvgIpc) is 3.24. The number of hydrazine groups is 1. The minimum absolute atomic E-state index is 0.0400. The van der Waals surface area contributed by atoms with Gasteiger partial charge in [-0.05, 0) is 53.8 Å². The van der Waals surface area contributed by atoms with Crippen molar-refractivity contribution in [1.29, 1.82) is 0 Å². The summed E-state index contributed by atoms with van der Waals surface area (Å²) in [7, 11) is 0. The maximum absolute atomic E-state index is 13.7. The Morgan fingerprint density at radius 2 is 1.11 bits per heavy atom. The second-order valence-electron chi connectivity index (χ2n) is 13.3. The number of phenolic OH excluding ortho intramolecular Hbond substituents is 1. The van der Waals surface area contributed by atoms with E-state index in [0.29, 0.717) is 11.1 Å². The molecule has 5 rings (SSSR count). The zero-order valence-corrected chi connectivity index (χ0v) is 31.6. The fraction of sp³-hybridized carbons (Fsp3) is 0.227. The Morgan fingerprint density at radius 1 is 0.614 bits per heavy atom. The van der Waals surface area contributed by atoms with Gasteiger partial charge < -0.3 is 34.1 Å². The Hall–Kier alpha value is -6.86. The highest BCUT2D eigenvalue weighted by Crippen LogP contribution is 2.30. The summed E-state index contributed by atoms with van der Waals surface area (Å²) >= 11 is 0. The number of phenols is 1. The first-order valence-corrected chi connectivity index (χ1v) is 18.2. The number of rotatable bonds is 18. The van der Waals surface area contributed by atoms with Crippen molar-refractivity contribution in [2.75, 3.05) is 0 Å². The fourth-order valence-corrected chi connectivity index (χ4v) is 5.51. The van der Waals surface area contributed by atoms with E-state index in [1.54, 1.807) is 72.8 Å². The summed E-state index contributed by atoms with van der Waals surface area (Å²) in [5, 5.41) is 13.0. The van der Waals surface area contributed by atoms with E-state index in [0.717, 1.165) is 16.7 Å². The van der Waals surface area contributed by atoms with Crippen molar-refractivity contribution < 1.29 is 48.0 Å². The van der Waals surface area contributed by atoms with Crippen LogP contribution in [0.5, 0.6) is 11.5 Å². The van der Waals surface area contributed by atoms with Crippen molar-refractivity contribution in [2.24, 2.45) is 0 Å². The number of carbonyl (C=O) groups is 4. The van der Waals surface area contributed by atoms with Gasteiger partial charge in [-0.15, -0.1) is 0 Å². The molecule has 4 N–H and O–H groups in total. The van der Waals surface area contributed by atoms with Gasteiger partial charge >= 0.3 is 24.1 Å². The third-order valence-electron chi connectivity index (χ3n) is 8.65. The predicted molar refractivity (Wildman–Crippen MR) is 209 cm³/mol. The number of aromatic hydroxyl groups is 1. The minimum Gasteiger partial charge on any atom is -0.504 e. The van der Waals surface area contributed by atoms with Crippen LogP contribution in [-0.2, 0) is 61.4 Å². The molecule has 0 radical (unpaired) electrons. The molecule has 0 aliphatic heterocycles. The van der Waals surface area contributed by atoms with Crippen LogP contribution in [0.2, 0.25) is 0 Å². The van der Waals surface area contributed by atoms with E-state index >= 15 is 0 Å². The van der Waals surface area contributed by atoms with E-state index in [-0.39, 0.29) is 44.3 Å². The van der Waals surface area contributed by atoms with E-state index < -0.39 is 41.8 Å². The lowest BCUT2D eigenvalue weighted by atomic mass is 9.93. The number of hydrogen-bond acceptors (Lipinski definition) is 11. The van der Waals surface area contributed by atoms with Gasteiger partial charge in [-0.3, -0.25) is 5.43 Å². The summed E-state index contributed by atoms with van der Waals surface area (Å²) in [5.41, 5.74) is 7.15. The van der Waals surface area contributed by atoms with Gasteiger partial charge in [-0.25, -0.2) is 24.6 Å². The van der Waals surface area contributed by atoms with Crippen LogP contribution in [0.1, 0.15) is 41.7 Å². The molecule has 57 heavy (non-hydrogen) atoms. The molecule has 0 unspecified atom stereocenters. The van der Waals surface area contributed by atoms with Crippen LogP contribution in [0, 0.1) is 0 Å². The molecule has 296 valence electrons. The van der Waals surface area contributed by atoms with Crippen molar-refractivity contribution in [3.63, 3.8) is 0 Å². The number of esters is 2. The number of carbonyl (C=O) groups excluding carboxylic acids is 4. The van der Waals surface area contributed by atoms with E-state index in [1.807, 2.05) is 60.7 Å². The average molecular weight is 776 g/mol. The number of nitrogens with one attached hydrogen (secondary N) is 3. The Balaban J connectivity index is 1.27.